The third-order valence-electron chi connectivity index (χ3n) is 3.02. The fourth-order valence-electron chi connectivity index (χ4n) is 1.86. The van der Waals surface area contributed by atoms with Crippen LogP contribution in [0.4, 0.5) is 4.39 Å². The number of nitrogens with one attached hydrogen (secondary N) is 1. The molecule has 0 radical (unpaired) electrons. The van der Waals surface area contributed by atoms with Crippen LogP contribution in [-0.4, -0.2) is 28.8 Å². The topological polar surface area (TPSA) is 90.0 Å². The first-order chi connectivity index (χ1) is 10.6. The number of nitrogens with zero attached hydrogens (tertiary/aromatic N) is 2. The van der Waals surface area contributed by atoms with Crippen LogP contribution in [0.25, 0.3) is 5.69 Å². The molecule has 7 heteroatoms. The number of carbonyl (C=O) groups is 1. The van der Waals surface area contributed by atoms with Crippen LogP contribution < -0.4 is 16.6 Å². The number of carbonyl (C=O) groups excluding carboxylic acids is 1. The van der Waals surface area contributed by atoms with Gasteiger partial charge < -0.3 is 11.1 Å². The van der Waals surface area contributed by atoms with Crippen molar-refractivity contribution in [2.45, 2.75) is 12.8 Å². The minimum atomic E-state index is -0.411. The summed E-state index contributed by atoms with van der Waals surface area (Å²) < 4.78 is 14.0. The van der Waals surface area contributed by atoms with E-state index in [-0.39, 0.29) is 11.6 Å². The van der Waals surface area contributed by atoms with E-state index in [0.717, 1.165) is 17.5 Å². The van der Waals surface area contributed by atoms with E-state index in [1.807, 2.05) is 0 Å². The summed E-state index contributed by atoms with van der Waals surface area (Å²) in [6, 6.07) is 7.91. The van der Waals surface area contributed by atoms with Gasteiger partial charge in [0, 0.05) is 12.6 Å². The van der Waals surface area contributed by atoms with Crippen molar-refractivity contribution in [2.75, 3.05) is 13.1 Å². The number of amides is 1. The predicted molar refractivity (Wildman–Crippen MR) is 80.4 cm³/mol. The van der Waals surface area contributed by atoms with Crippen LogP contribution in [0.1, 0.15) is 23.3 Å². The van der Waals surface area contributed by atoms with Gasteiger partial charge in [-0.3, -0.25) is 9.59 Å². The Bertz CT molecular complexity index is 697. The average Bonchev–Trinajstić information content (AvgIpc) is 2.53. The lowest BCUT2D eigenvalue weighted by atomic mass is 10.3. The fraction of sp³-hybridized carbons (Fsp3) is 0.267. The number of halogens is 1. The van der Waals surface area contributed by atoms with Crippen LogP contribution in [0.3, 0.4) is 0 Å². The molecule has 0 aliphatic heterocycles. The van der Waals surface area contributed by atoms with Crippen molar-refractivity contribution in [3.8, 4) is 5.69 Å². The van der Waals surface area contributed by atoms with Crippen molar-refractivity contribution in [2.24, 2.45) is 5.73 Å². The highest BCUT2D eigenvalue weighted by Gasteiger charge is 2.10. The summed E-state index contributed by atoms with van der Waals surface area (Å²) in [7, 11) is 0. The van der Waals surface area contributed by atoms with Gasteiger partial charge in [-0.05, 0) is 49.7 Å². The summed E-state index contributed by atoms with van der Waals surface area (Å²) in [4.78, 5) is 23.8. The van der Waals surface area contributed by atoms with Gasteiger partial charge in [-0.2, -0.15) is 9.78 Å². The Balaban J connectivity index is 2.18. The van der Waals surface area contributed by atoms with Crippen molar-refractivity contribution in [1.82, 2.24) is 15.1 Å². The predicted octanol–water partition coefficient (Wildman–Crippen LogP) is 0.840. The molecule has 2 rings (SSSR count). The lowest BCUT2D eigenvalue weighted by molar-refractivity contribution is 0.0946. The maximum absolute atomic E-state index is 12.9. The molecule has 0 spiro atoms. The van der Waals surface area contributed by atoms with Gasteiger partial charge >= 0.3 is 0 Å². The van der Waals surface area contributed by atoms with Crippen LogP contribution in [0.15, 0.2) is 41.2 Å². The first-order valence-corrected chi connectivity index (χ1v) is 6.96. The molecule has 2 aromatic rings. The van der Waals surface area contributed by atoms with E-state index in [4.69, 9.17) is 5.73 Å². The molecule has 0 saturated heterocycles. The zero-order valence-corrected chi connectivity index (χ0v) is 12.0. The SMILES string of the molecule is NCCCCNC(=O)c1ccc(=O)n(-c2ccc(F)cc2)n1. The Hall–Kier alpha value is -2.54. The summed E-state index contributed by atoms with van der Waals surface area (Å²) >= 11 is 0. The minimum absolute atomic E-state index is 0.122. The summed E-state index contributed by atoms with van der Waals surface area (Å²) in [6.45, 7) is 1.07. The molecule has 22 heavy (non-hydrogen) atoms. The smallest absolute Gasteiger partial charge is 0.271 e. The van der Waals surface area contributed by atoms with E-state index < -0.39 is 11.4 Å². The Morgan fingerprint density at radius 3 is 2.59 bits per heavy atom. The van der Waals surface area contributed by atoms with E-state index in [1.54, 1.807) is 0 Å². The van der Waals surface area contributed by atoms with Gasteiger partial charge in [0.2, 0.25) is 0 Å². The number of aromatic nitrogens is 2. The summed E-state index contributed by atoms with van der Waals surface area (Å²) in [5, 5.41) is 6.72. The summed E-state index contributed by atoms with van der Waals surface area (Å²) in [5.41, 5.74) is 5.50. The molecule has 1 amide bonds. The third kappa shape index (κ3) is 3.98. The molecule has 0 aliphatic carbocycles. The Morgan fingerprint density at radius 1 is 1.18 bits per heavy atom. The number of hydrogen-bond donors (Lipinski definition) is 2. The highest BCUT2D eigenvalue weighted by molar-refractivity contribution is 5.92. The Labute approximate surface area is 126 Å². The molecule has 1 aromatic carbocycles. The van der Waals surface area contributed by atoms with Crippen molar-refractivity contribution < 1.29 is 9.18 Å². The molecule has 0 unspecified atom stereocenters. The molecule has 1 aromatic heterocycles. The number of rotatable bonds is 6. The standard InChI is InChI=1S/C15H17FN4O2/c16-11-3-5-12(6-4-11)20-14(21)8-7-13(19-20)15(22)18-10-2-1-9-17/h3-8H,1-2,9-10,17H2,(H,18,22). The van der Waals surface area contributed by atoms with Crippen molar-refractivity contribution in [3.63, 3.8) is 0 Å². The second kappa shape index (κ2) is 7.46. The van der Waals surface area contributed by atoms with Gasteiger partial charge in [-0.1, -0.05) is 0 Å². The molecule has 116 valence electrons. The molecule has 6 nitrogen and oxygen atoms in total. The maximum Gasteiger partial charge on any atom is 0.271 e. The van der Waals surface area contributed by atoms with Crippen molar-refractivity contribution in [1.29, 1.82) is 0 Å². The Morgan fingerprint density at radius 2 is 1.91 bits per heavy atom. The van der Waals surface area contributed by atoms with Gasteiger partial charge in [0.25, 0.3) is 11.5 Å². The molecule has 3 N–H and O–H groups in total. The van der Waals surface area contributed by atoms with Gasteiger partial charge in [0.15, 0.2) is 0 Å². The van der Waals surface area contributed by atoms with Gasteiger partial charge in [0.05, 0.1) is 5.69 Å². The molecule has 0 saturated carbocycles. The third-order valence-corrected chi connectivity index (χ3v) is 3.02. The first kappa shape index (κ1) is 15.8. The molecular formula is C15H17FN4O2. The van der Waals surface area contributed by atoms with Crippen molar-refractivity contribution >= 4 is 5.91 Å². The van der Waals surface area contributed by atoms with E-state index in [9.17, 15) is 14.0 Å². The van der Waals surface area contributed by atoms with E-state index >= 15 is 0 Å². The minimum Gasteiger partial charge on any atom is -0.351 e. The monoisotopic (exact) mass is 304 g/mol. The second-order valence-corrected chi connectivity index (χ2v) is 4.70. The first-order valence-electron chi connectivity index (χ1n) is 6.96. The van der Waals surface area contributed by atoms with Crippen LogP contribution in [0.2, 0.25) is 0 Å². The van der Waals surface area contributed by atoms with Gasteiger partial charge in [0.1, 0.15) is 11.5 Å². The fourth-order valence-corrected chi connectivity index (χ4v) is 1.86. The number of hydrogen-bond acceptors (Lipinski definition) is 4. The van der Waals surface area contributed by atoms with E-state index in [0.29, 0.717) is 18.8 Å². The van der Waals surface area contributed by atoms with Crippen LogP contribution in [0, 0.1) is 5.82 Å². The number of unbranched alkanes of at least 4 members (excludes halogenated alkanes) is 1. The Kier molecular flexibility index (Phi) is 5.37. The van der Waals surface area contributed by atoms with E-state index in [1.165, 1.54) is 36.4 Å². The number of nitrogens with two attached hydrogens (primary N) is 1. The molecule has 0 fully saturated rings. The van der Waals surface area contributed by atoms with Gasteiger partial charge in [-0.15, -0.1) is 0 Å². The zero-order valence-electron chi connectivity index (χ0n) is 12.0. The average molecular weight is 304 g/mol. The zero-order chi connectivity index (χ0) is 15.9. The summed E-state index contributed by atoms with van der Waals surface area (Å²) in [5.74, 6) is -0.779. The quantitative estimate of drug-likeness (QED) is 0.774. The number of benzene rings is 1. The highest BCUT2D eigenvalue weighted by atomic mass is 19.1. The molecule has 0 aliphatic rings. The second-order valence-electron chi connectivity index (χ2n) is 4.70. The largest absolute Gasteiger partial charge is 0.351 e. The lowest BCUT2D eigenvalue weighted by Crippen LogP contribution is -2.29. The normalized spacial score (nSPS) is 10.5. The molecule has 0 bridgehead atoms. The van der Waals surface area contributed by atoms with Crippen molar-refractivity contribution in [3.05, 3.63) is 58.3 Å². The van der Waals surface area contributed by atoms with Gasteiger partial charge in [-0.25, -0.2) is 4.39 Å². The lowest BCUT2D eigenvalue weighted by Gasteiger charge is -2.07. The summed E-state index contributed by atoms with van der Waals surface area (Å²) in [6.07, 6.45) is 1.60. The van der Waals surface area contributed by atoms with Crippen LogP contribution in [-0.2, 0) is 0 Å². The molecular weight excluding hydrogens is 287 g/mol. The molecule has 1 heterocycles. The maximum atomic E-state index is 12.9. The van der Waals surface area contributed by atoms with Crippen LogP contribution in [0.5, 0.6) is 0 Å². The van der Waals surface area contributed by atoms with Crippen LogP contribution >= 0.6 is 0 Å². The molecule has 0 atom stereocenters. The van der Waals surface area contributed by atoms with E-state index in [2.05, 4.69) is 10.4 Å². The highest BCUT2D eigenvalue weighted by Crippen LogP contribution is 2.05.